The summed E-state index contributed by atoms with van der Waals surface area (Å²) >= 11 is 0. The predicted molar refractivity (Wildman–Crippen MR) is 144 cm³/mol. The lowest BCUT2D eigenvalue weighted by atomic mass is 10.1. The van der Waals surface area contributed by atoms with Gasteiger partial charge in [-0.3, -0.25) is 4.79 Å². The van der Waals surface area contributed by atoms with Crippen molar-refractivity contribution in [3.05, 3.63) is 72.3 Å². The second-order valence-corrected chi connectivity index (χ2v) is 8.68. The Kier molecular flexibility index (Phi) is 15.3. The first-order valence-electron chi connectivity index (χ1n) is 13.0. The smallest absolute Gasteiger partial charge is 0.333 e. The van der Waals surface area contributed by atoms with E-state index in [2.05, 4.69) is 6.58 Å². The summed E-state index contributed by atoms with van der Waals surface area (Å²) < 4.78 is 33.0. The van der Waals surface area contributed by atoms with Crippen LogP contribution in [-0.2, 0) is 28.5 Å². The molecule has 1 atom stereocenters. The van der Waals surface area contributed by atoms with Gasteiger partial charge in [-0.05, 0) is 50.3 Å². The lowest BCUT2D eigenvalue weighted by Crippen LogP contribution is -2.17. The van der Waals surface area contributed by atoms with E-state index >= 15 is 0 Å². The molecule has 0 heterocycles. The van der Waals surface area contributed by atoms with E-state index in [-0.39, 0.29) is 25.6 Å². The Balaban J connectivity index is 1.58. The van der Waals surface area contributed by atoms with Crippen molar-refractivity contribution in [2.75, 3.05) is 46.8 Å². The van der Waals surface area contributed by atoms with E-state index in [1.807, 2.05) is 54.6 Å². The van der Waals surface area contributed by atoms with Crippen LogP contribution in [0.25, 0.3) is 0 Å². The number of ether oxygens (including phenoxy) is 6. The van der Waals surface area contributed by atoms with Crippen molar-refractivity contribution in [3.63, 3.8) is 0 Å². The molecular formula is C30H40O8. The maximum absolute atomic E-state index is 12.4. The zero-order chi connectivity index (χ0) is 27.4. The van der Waals surface area contributed by atoms with Crippen LogP contribution in [0.5, 0.6) is 11.5 Å². The van der Waals surface area contributed by atoms with Gasteiger partial charge in [-0.1, -0.05) is 43.0 Å². The van der Waals surface area contributed by atoms with Gasteiger partial charge in [0.25, 0.3) is 0 Å². The van der Waals surface area contributed by atoms with Gasteiger partial charge < -0.3 is 28.4 Å². The highest BCUT2D eigenvalue weighted by Crippen LogP contribution is 2.20. The van der Waals surface area contributed by atoms with Gasteiger partial charge in [-0.2, -0.15) is 0 Å². The highest BCUT2D eigenvalue weighted by atomic mass is 16.6. The summed E-state index contributed by atoms with van der Waals surface area (Å²) in [5.74, 6) is 0.780. The molecule has 8 nitrogen and oxygen atoms in total. The van der Waals surface area contributed by atoms with Crippen LogP contribution in [0, 0.1) is 0 Å². The molecule has 0 spiro atoms. The van der Waals surface area contributed by atoms with Crippen molar-refractivity contribution in [1.82, 2.24) is 0 Å². The molecule has 1 unspecified atom stereocenters. The first-order chi connectivity index (χ1) is 18.5. The maximum Gasteiger partial charge on any atom is 0.333 e. The third-order valence-corrected chi connectivity index (χ3v) is 5.44. The van der Waals surface area contributed by atoms with Crippen molar-refractivity contribution in [2.45, 2.75) is 45.1 Å². The third kappa shape index (κ3) is 13.3. The van der Waals surface area contributed by atoms with E-state index in [4.69, 9.17) is 28.4 Å². The summed E-state index contributed by atoms with van der Waals surface area (Å²) in [5.41, 5.74) is 1.24. The van der Waals surface area contributed by atoms with Gasteiger partial charge >= 0.3 is 11.9 Å². The second-order valence-electron chi connectivity index (χ2n) is 8.68. The molecule has 0 saturated carbocycles. The zero-order valence-corrected chi connectivity index (χ0v) is 22.5. The number of rotatable bonds is 20. The molecule has 8 heteroatoms. The summed E-state index contributed by atoms with van der Waals surface area (Å²) in [6.07, 6.45) is 2.59. The van der Waals surface area contributed by atoms with E-state index in [0.717, 1.165) is 29.9 Å². The quantitative estimate of drug-likeness (QED) is 0.127. The van der Waals surface area contributed by atoms with E-state index in [1.165, 1.54) is 0 Å². The van der Waals surface area contributed by atoms with E-state index in [1.54, 1.807) is 14.0 Å². The van der Waals surface area contributed by atoms with Gasteiger partial charge in [0.1, 0.15) is 18.1 Å². The van der Waals surface area contributed by atoms with Crippen LogP contribution in [0.15, 0.2) is 66.7 Å². The molecule has 208 valence electrons. The minimum absolute atomic E-state index is 0.243. The first kappa shape index (κ1) is 30.9. The van der Waals surface area contributed by atoms with Crippen molar-refractivity contribution >= 4 is 11.9 Å². The number of benzene rings is 2. The number of esters is 2. The second kappa shape index (κ2) is 18.8. The Morgan fingerprint density at radius 3 is 2.26 bits per heavy atom. The average molecular weight is 529 g/mol. The fourth-order valence-corrected chi connectivity index (χ4v) is 3.35. The van der Waals surface area contributed by atoms with Crippen LogP contribution in [0.2, 0.25) is 0 Å². The Hall–Kier alpha value is -3.36. The Labute approximate surface area is 225 Å². The molecule has 2 rings (SSSR count). The average Bonchev–Trinajstić information content (AvgIpc) is 2.93. The molecular weight excluding hydrogens is 488 g/mol. The topological polar surface area (TPSA) is 89.5 Å². The molecule has 0 N–H and O–H groups in total. The molecule has 0 radical (unpaired) electrons. The van der Waals surface area contributed by atoms with Gasteiger partial charge in [-0.15, -0.1) is 0 Å². The van der Waals surface area contributed by atoms with Crippen LogP contribution in [-0.4, -0.2) is 58.7 Å². The predicted octanol–water partition coefficient (Wildman–Crippen LogP) is 5.46. The van der Waals surface area contributed by atoms with Crippen LogP contribution < -0.4 is 9.47 Å². The zero-order valence-electron chi connectivity index (χ0n) is 22.5. The molecule has 2 aromatic rings. The van der Waals surface area contributed by atoms with Gasteiger partial charge in [0.05, 0.1) is 26.9 Å². The van der Waals surface area contributed by atoms with Crippen molar-refractivity contribution in [1.29, 1.82) is 0 Å². The lowest BCUT2D eigenvalue weighted by molar-refractivity contribution is -0.153. The number of unbranched alkanes of at least 4 members (excludes halogenated alkanes) is 2. The Morgan fingerprint density at radius 1 is 0.816 bits per heavy atom. The number of hydrogen-bond donors (Lipinski definition) is 0. The lowest BCUT2D eigenvalue weighted by Gasteiger charge is -2.18. The summed E-state index contributed by atoms with van der Waals surface area (Å²) in [6, 6.07) is 17.0. The highest BCUT2D eigenvalue weighted by molar-refractivity contribution is 5.86. The monoisotopic (exact) mass is 528 g/mol. The van der Waals surface area contributed by atoms with E-state index < -0.39 is 12.1 Å². The van der Waals surface area contributed by atoms with Crippen molar-refractivity contribution < 1.29 is 38.0 Å². The summed E-state index contributed by atoms with van der Waals surface area (Å²) in [4.78, 5) is 23.8. The summed E-state index contributed by atoms with van der Waals surface area (Å²) in [5, 5.41) is 0. The number of methoxy groups -OCH3 is 1. The van der Waals surface area contributed by atoms with Crippen LogP contribution in [0.4, 0.5) is 0 Å². The molecule has 0 aliphatic heterocycles. The van der Waals surface area contributed by atoms with Crippen molar-refractivity contribution in [3.8, 4) is 11.5 Å². The van der Waals surface area contributed by atoms with Gasteiger partial charge in [0.15, 0.2) is 6.10 Å². The van der Waals surface area contributed by atoms with Crippen molar-refractivity contribution in [2.24, 2.45) is 0 Å². The Bertz CT molecular complexity index is 960. The highest BCUT2D eigenvalue weighted by Gasteiger charge is 2.17. The van der Waals surface area contributed by atoms with E-state index in [0.29, 0.717) is 44.8 Å². The van der Waals surface area contributed by atoms with Gasteiger partial charge in [0, 0.05) is 31.3 Å². The SMILES string of the molecule is C=C(C)C(=O)OCCCCC(=O)OC(COCCCCOCCOc1cccc(OC)c1)c1ccccc1. The fraction of sp³-hybridized carbons (Fsp3) is 0.467. The molecule has 0 aromatic heterocycles. The largest absolute Gasteiger partial charge is 0.497 e. The molecule has 0 aliphatic carbocycles. The number of carbonyl (C=O) groups excluding carboxylic acids is 2. The van der Waals surface area contributed by atoms with Gasteiger partial charge in [0.2, 0.25) is 0 Å². The van der Waals surface area contributed by atoms with Crippen LogP contribution in [0.1, 0.15) is 50.7 Å². The molecule has 0 fully saturated rings. The molecule has 0 saturated heterocycles. The summed E-state index contributed by atoms with van der Waals surface area (Å²) in [7, 11) is 1.62. The number of carbonyl (C=O) groups is 2. The minimum atomic E-state index is -0.477. The third-order valence-electron chi connectivity index (χ3n) is 5.44. The fourth-order valence-electron chi connectivity index (χ4n) is 3.35. The molecule has 38 heavy (non-hydrogen) atoms. The summed E-state index contributed by atoms with van der Waals surface area (Å²) in [6.45, 7) is 7.79. The normalized spacial score (nSPS) is 11.4. The van der Waals surface area contributed by atoms with Crippen LogP contribution in [0.3, 0.4) is 0 Å². The van der Waals surface area contributed by atoms with Crippen LogP contribution >= 0.6 is 0 Å². The minimum Gasteiger partial charge on any atom is -0.497 e. The molecule has 0 aliphatic rings. The first-order valence-corrected chi connectivity index (χ1v) is 13.0. The molecule has 0 amide bonds. The number of hydrogen-bond acceptors (Lipinski definition) is 8. The van der Waals surface area contributed by atoms with Gasteiger partial charge in [-0.25, -0.2) is 4.79 Å². The Morgan fingerprint density at radius 2 is 1.53 bits per heavy atom. The molecule has 0 bridgehead atoms. The maximum atomic E-state index is 12.4. The van der Waals surface area contributed by atoms with E-state index in [9.17, 15) is 9.59 Å². The molecule has 2 aromatic carbocycles. The standard InChI is InChI=1S/C30H40O8/c1-24(2)30(32)37-19-8-7-16-29(31)38-28(25-12-5-4-6-13-25)23-35-18-10-9-17-34-20-21-36-27-15-11-14-26(22-27)33-3/h4-6,11-15,22,28H,1,7-10,16-21,23H2,2-3H3.